The van der Waals surface area contributed by atoms with E-state index >= 15 is 0 Å². The summed E-state index contributed by atoms with van der Waals surface area (Å²) in [5, 5.41) is 12.9. The standard InChI is InChI=1S/C26H33F3N4O2/c27-23-14-22(15-24(28)25(23)29)32-10-12-33(13-11-32)26(35)30-8-6-20-7-9-31(17-21(20)18-34)16-19-4-2-1-3-5-19/h1-5,14-15,20-21,34H,6-13,16-18H2,(H,30,35). The second-order valence-electron chi connectivity index (χ2n) is 9.43. The molecule has 4 rings (SSSR count). The quantitative estimate of drug-likeness (QED) is 0.584. The number of nitrogens with one attached hydrogen (secondary N) is 1. The average Bonchev–Trinajstić information content (AvgIpc) is 2.88. The molecule has 2 atom stereocenters. The third kappa shape index (κ3) is 6.46. The van der Waals surface area contributed by atoms with Crippen LogP contribution in [0.5, 0.6) is 0 Å². The molecule has 2 aromatic carbocycles. The van der Waals surface area contributed by atoms with Gasteiger partial charge in [-0.1, -0.05) is 30.3 Å². The summed E-state index contributed by atoms with van der Waals surface area (Å²) in [6.07, 6.45) is 1.79. The van der Waals surface area contributed by atoms with E-state index in [0.717, 1.165) is 44.6 Å². The smallest absolute Gasteiger partial charge is 0.317 e. The number of halogens is 3. The number of aliphatic hydroxyl groups is 1. The number of aliphatic hydroxyl groups excluding tert-OH is 1. The van der Waals surface area contributed by atoms with Gasteiger partial charge in [-0.05, 0) is 36.8 Å². The number of benzene rings is 2. The Bertz CT molecular complexity index is 963. The first-order valence-electron chi connectivity index (χ1n) is 12.2. The van der Waals surface area contributed by atoms with Crippen molar-refractivity contribution in [1.82, 2.24) is 15.1 Å². The number of carbonyl (C=O) groups excluding carboxylic acids is 1. The van der Waals surface area contributed by atoms with Crippen molar-refractivity contribution in [3.8, 4) is 0 Å². The maximum atomic E-state index is 13.5. The minimum Gasteiger partial charge on any atom is -0.396 e. The first-order valence-corrected chi connectivity index (χ1v) is 12.2. The molecule has 0 saturated carbocycles. The first kappa shape index (κ1) is 25.3. The zero-order chi connectivity index (χ0) is 24.8. The Kier molecular flexibility index (Phi) is 8.51. The second kappa shape index (κ2) is 11.8. The van der Waals surface area contributed by atoms with Crippen LogP contribution in [-0.2, 0) is 6.54 Å². The highest BCUT2D eigenvalue weighted by atomic mass is 19.2. The predicted octanol–water partition coefficient (Wildman–Crippen LogP) is 3.46. The highest BCUT2D eigenvalue weighted by Gasteiger charge is 2.29. The summed E-state index contributed by atoms with van der Waals surface area (Å²) in [5.41, 5.74) is 1.54. The van der Waals surface area contributed by atoms with E-state index in [1.807, 2.05) is 18.2 Å². The molecule has 2 aliphatic heterocycles. The highest BCUT2D eigenvalue weighted by molar-refractivity contribution is 5.74. The van der Waals surface area contributed by atoms with Crippen LogP contribution in [0.3, 0.4) is 0 Å². The van der Waals surface area contributed by atoms with Gasteiger partial charge in [-0.2, -0.15) is 0 Å². The third-order valence-electron chi connectivity index (χ3n) is 7.15. The number of carbonyl (C=O) groups is 1. The monoisotopic (exact) mass is 490 g/mol. The van der Waals surface area contributed by atoms with E-state index < -0.39 is 17.5 Å². The van der Waals surface area contributed by atoms with Crippen LogP contribution >= 0.6 is 0 Å². The number of likely N-dealkylation sites (tertiary alicyclic amines) is 1. The summed E-state index contributed by atoms with van der Waals surface area (Å²) in [7, 11) is 0. The minimum atomic E-state index is -1.47. The molecule has 2 amide bonds. The molecule has 9 heteroatoms. The number of nitrogens with zero attached hydrogens (tertiary/aromatic N) is 3. The van der Waals surface area contributed by atoms with E-state index in [1.54, 1.807) is 9.80 Å². The van der Waals surface area contributed by atoms with E-state index in [-0.39, 0.29) is 24.2 Å². The van der Waals surface area contributed by atoms with Gasteiger partial charge >= 0.3 is 6.03 Å². The number of piperidine rings is 1. The van der Waals surface area contributed by atoms with Crippen LogP contribution in [0, 0.1) is 29.3 Å². The summed E-state index contributed by atoms with van der Waals surface area (Å²) < 4.78 is 40.3. The lowest BCUT2D eigenvalue weighted by Gasteiger charge is -2.38. The molecule has 2 aromatic rings. The third-order valence-corrected chi connectivity index (χ3v) is 7.15. The maximum absolute atomic E-state index is 13.5. The summed E-state index contributed by atoms with van der Waals surface area (Å²) in [4.78, 5) is 18.4. The van der Waals surface area contributed by atoms with Gasteiger partial charge in [-0.25, -0.2) is 18.0 Å². The fraction of sp³-hybridized carbons (Fsp3) is 0.500. The molecule has 0 radical (unpaired) electrons. The largest absolute Gasteiger partial charge is 0.396 e. The molecule has 0 spiro atoms. The fourth-order valence-electron chi connectivity index (χ4n) is 5.10. The Labute approximate surface area is 204 Å². The van der Waals surface area contributed by atoms with Gasteiger partial charge < -0.3 is 20.2 Å². The molecule has 0 bridgehead atoms. The summed E-state index contributed by atoms with van der Waals surface area (Å²) >= 11 is 0. The number of rotatable bonds is 7. The van der Waals surface area contributed by atoms with E-state index in [0.29, 0.717) is 38.6 Å². The molecule has 35 heavy (non-hydrogen) atoms. The molecule has 190 valence electrons. The zero-order valence-corrected chi connectivity index (χ0v) is 19.8. The molecule has 0 aromatic heterocycles. The summed E-state index contributed by atoms with van der Waals surface area (Å²) in [5.74, 6) is -3.37. The van der Waals surface area contributed by atoms with Crippen molar-refractivity contribution in [2.24, 2.45) is 11.8 Å². The lowest BCUT2D eigenvalue weighted by Crippen LogP contribution is -2.52. The predicted molar refractivity (Wildman–Crippen MR) is 129 cm³/mol. The molecule has 2 saturated heterocycles. The molecule has 2 fully saturated rings. The number of urea groups is 1. The van der Waals surface area contributed by atoms with Crippen LogP contribution in [-0.4, -0.2) is 73.4 Å². The van der Waals surface area contributed by atoms with Crippen LogP contribution < -0.4 is 10.2 Å². The van der Waals surface area contributed by atoms with E-state index in [2.05, 4.69) is 22.3 Å². The van der Waals surface area contributed by atoms with Gasteiger partial charge in [0.25, 0.3) is 0 Å². The van der Waals surface area contributed by atoms with Gasteiger partial charge in [-0.3, -0.25) is 4.90 Å². The second-order valence-corrected chi connectivity index (χ2v) is 9.43. The van der Waals surface area contributed by atoms with E-state index in [9.17, 15) is 23.1 Å². The van der Waals surface area contributed by atoms with E-state index in [4.69, 9.17) is 0 Å². The van der Waals surface area contributed by atoms with E-state index in [1.165, 1.54) is 5.56 Å². The van der Waals surface area contributed by atoms with Crippen LogP contribution in [0.2, 0.25) is 0 Å². The minimum absolute atomic E-state index is 0.135. The topological polar surface area (TPSA) is 59.1 Å². The van der Waals surface area contributed by atoms with Crippen LogP contribution in [0.4, 0.5) is 23.7 Å². The number of anilines is 1. The lowest BCUT2D eigenvalue weighted by molar-refractivity contribution is 0.0644. The number of amides is 2. The first-order chi connectivity index (χ1) is 16.9. The molecular weight excluding hydrogens is 457 g/mol. The molecule has 2 heterocycles. The van der Waals surface area contributed by atoms with Crippen molar-refractivity contribution in [1.29, 1.82) is 0 Å². The van der Waals surface area contributed by atoms with Crippen molar-refractivity contribution >= 4 is 11.7 Å². The SMILES string of the molecule is O=C(NCCC1CCN(Cc2ccccc2)CC1CO)N1CCN(c2cc(F)c(F)c(F)c2)CC1. The molecule has 6 nitrogen and oxygen atoms in total. The van der Waals surface area contributed by atoms with Crippen LogP contribution in [0.15, 0.2) is 42.5 Å². The zero-order valence-electron chi connectivity index (χ0n) is 19.8. The Hall–Kier alpha value is -2.78. The molecule has 0 aliphatic carbocycles. The Morgan fingerprint density at radius 3 is 2.31 bits per heavy atom. The van der Waals surface area contributed by atoms with Crippen molar-refractivity contribution in [2.45, 2.75) is 19.4 Å². The Morgan fingerprint density at radius 2 is 1.66 bits per heavy atom. The van der Waals surface area contributed by atoms with Gasteiger partial charge in [0.05, 0.1) is 0 Å². The molecular formula is C26H33F3N4O2. The molecule has 2 aliphatic rings. The molecule has 2 N–H and O–H groups in total. The maximum Gasteiger partial charge on any atom is 0.317 e. The lowest BCUT2D eigenvalue weighted by atomic mass is 9.83. The summed E-state index contributed by atoms with van der Waals surface area (Å²) in [6, 6.07) is 12.1. The molecule has 2 unspecified atom stereocenters. The van der Waals surface area contributed by atoms with Gasteiger partial charge in [0.2, 0.25) is 0 Å². The fourth-order valence-corrected chi connectivity index (χ4v) is 5.10. The van der Waals surface area contributed by atoms with Gasteiger partial charge in [0, 0.05) is 70.2 Å². The van der Waals surface area contributed by atoms with Gasteiger partial charge in [0.1, 0.15) is 0 Å². The van der Waals surface area contributed by atoms with Crippen LogP contribution in [0.1, 0.15) is 18.4 Å². The number of piperazine rings is 1. The average molecular weight is 491 g/mol. The van der Waals surface area contributed by atoms with Crippen molar-refractivity contribution in [2.75, 3.05) is 57.3 Å². The van der Waals surface area contributed by atoms with Crippen LogP contribution in [0.25, 0.3) is 0 Å². The van der Waals surface area contributed by atoms with Gasteiger partial charge in [0.15, 0.2) is 17.5 Å². The van der Waals surface area contributed by atoms with Crippen molar-refractivity contribution < 1.29 is 23.1 Å². The number of hydrogen-bond acceptors (Lipinski definition) is 4. The Morgan fingerprint density at radius 1 is 0.971 bits per heavy atom. The normalized spacial score (nSPS) is 21.3. The highest BCUT2D eigenvalue weighted by Crippen LogP contribution is 2.27. The number of hydrogen-bond donors (Lipinski definition) is 2. The Balaban J connectivity index is 1.19. The van der Waals surface area contributed by atoms with Crippen molar-refractivity contribution in [3.05, 3.63) is 65.5 Å². The van der Waals surface area contributed by atoms with Crippen molar-refractivity contribution in [3.63, 3.8) is 0 Å². The summed E-state index contributed by atoms with van der Waals surface area (Å²) in [6.45, 7) is 4.99. The van der Waals surface area contributed by atoms with Gasteiger partial charge in [-0.15, -0.1) is 0 Å².